The van der Waals surface area contributed by atoms with Gasteiger partial charge in [0.2, 0.25) is 0 Å². The van der Waals surface area contributed by atoms with Crippen LogP contribution in [0.15, 0.2) is 28.9 Å². The zero-order valence-corrected chi connectivity index (χ0v) is 14.9. The summed E-state index contributed by atoms with van der Waals surface area (Å²) < 4.78 is 0. The lowest BCUT2D eigenvalue weighted by atomic mass is 9.73. The summed E-state index contributed by atoms with van der Waals surface area (Å²) in [5.41, 5.74) is 4.83. The Morgan fingerprint density at radius 2 is 2.23 bits per heavy atom. The van der Waals surface area contributed by atoms with Gasteiger partial charge in [0.15, 0.2) is 0 Å². The van der Waals surface area contributed by atoms with Gasteiger partial charge in [0.25, 0.3) is 0 Å². The lowest BCUT2D eigenvalue weighted by Crippen LogP contribution is -2.26. The molecular formula is C18H27N3S. The van der Waals surface area contributed by atoms with Gasteiger partial charge >= 0.3 is 0 Å². The second-order valence-electron chi connectivity index (χ2n) is 7.61. The number of aromatic nitrogens is 1. The second-order valence-corrected chi connectivity index (χ2v) is 8.84. The van der Waals surface area contributed by atoms with Crippen molar-refractivity contribution in [3.05, 3.63) is 40.1 Å². The Morgan fingerprint density at radius 1 is 1.45 bits per heavy atom. The first-order valence-corrected chi connectivity index (χ1v) is 9.02. The van der Waals surface area contributed by atoms with Crippen molar-refractivity contribution in [1.29, 1.82) is 0 Å². The van der Waals surface area contributed by atoms with Crippen LogP contribution in [0.3, 0.4) is 0 Å². The molecule has 0 bridgehead atoms. The van der Waals surface area contributed by atoms with Crippen LogP contribution in [-0.4, -0.2) is 17.0 Å². The first-order valence-electron chi connectivity index (χ1n) is 8.14. The van der Waals surface area contributed by atoms with Crippen molar-refractivity contribution < 1.29 is 0 Å². The van der Waals surface area contributed by atoms with Crippen LogP contribution in [0.5, 0.6) is 0 Å². The summed E-state index contributed by atoms with van der Waals surface area (Å²) in [6, 6.07) is 2.12. The van der Waals surface area contributed by atoms with Gasteiger partial charge in [-0.05, 0) is 52.7 Å². The second kappa shape index (κ2) is 5.99. The number of allylic oxidation sites excluding steroid dienone is 2. The summed E-state index contributed by atoms with van der Waals surface area (Å²) in [6.07, 6.45) is 7.74. The molecule has 0 saturated carbocycles. The fourth-order valence-corrected chi connectivity index (χ4v) is 5.38. The number of thioether (sulfide) groups is 1. The van der Waals surface area contributed by atoms with Crippen molar-refractivity contribution in [3.63, 3.8) is 0 Å². The largest absolute Gasteiger partial charge is 0.269 e. The molecular weight excluding hydrogens is 290 g/mol. The molecule has 1 aromatic rings. The molecule has 0 fully saturated rings. The highest BCUT2D eigenvalue weighted by Gasteiger charge is 2.39. The van der Waals surface area contributed by atoms with Crippen molar-refractivity contribution in [2.24, 2.45) is 17.2 Å². The highest BCUT2D eigenvalue weighted by molar-refractivity contribution is 8.03. The number of hydrogen-bond donors (Lipinski definition) is 1. The molecule has 2 heterocycles. The Morgan fingerprint density at radius 3 is 2.95 bits per heavy atom. The van der Waals surface area contributed by atoms with E-state index in [1.165, 1.54) is 30.4 Å². The Labute approximate surface area is 138 Å². The quantitative estimate of drug-likeness (QED) is 0.667. The number of nitrogens with two attached hydrogens (primary N) is 1. The van der Waals surface area contributed by atoms with E-state index in [9.17, 15) is 0 Å². The third-order valence-corrected chi connectivity index (χ3v) is 6.67. The molecule has 0 amide bonds. The van der Waals surface area contributed by atoms with E-state index in [2.05, 4.69) is 49.8 Å². The van der Waals surface area contributed by atoms with Crippen LogP contribution in [0, 0.1) is 11.3 Å². The molecule has 0 radical (unpaired) electrons. The molecule has 4 heteroatoms. The van der Waals surface area contributed by atoms with Gasteiger partial charge in [-0.1, -0.05) is 26.3 Å². The predicted molar refractivity (Wildman–Crippen MR) is 94.0 cm³/mol. The first kappa shape index (κ1) is 16.0. The minimum absolute atomic E-state index is 0.456. The van der Waals surface area contributed by atoms with E-state index in [0.717, 1.165) is 6.54 Å². The maximum Gasteiger partial charge on any atom is 0.0422 e. The Hall–Kier alpha value is -0.840. The third-order valence-electron chi connectivity index (χ3n) is 5.00. The standard InChI is InChI=1S/C18H27N3S/c1-12-14-9-18(2,3)7-5-16(14)22-17(12)15-10-20-8-6-13(15)11-21(4)19/h6,8,10,12,17H,5,7,9,11,19H2,1-4H3. The molecule has 1 aliphatic carbocycles. The van der Waals surface area contributed by atoms with Crippen LogP contribution in [0.1, 0.15) is 56.4 Å². The molecule has 2 atom stereocenters. The van der Waals surface area contributed by atoms with E-state index in [1.54, 1.807) is 15.5 Å². The normalized spacial score (nSPS) is 27.4. The molecule has 0 spiro atoms. The zero-order chi connectivity index (χ0) is 15.9. The maximum atomic E-state index is 5.87. The van der Waals surface area contributed by atoms with Crippen LogP contribution in [0.4, 0.5) is 0 Å². The lowest BCUT2D eigenvalue weighted by molar-refractivity contribution is 0.306. The molecule has 22 heavy (non-hydrogen) atoms. The van der Waals surface area contributed by atoms with E-state index in [4.69, 9.17) is 5.84 Å². The van der Waals surface area contributed by atoms with Gasteiger partial charge in [-0.2, -0.15) is 0 Å². The van der Waals surface area contributed by atoms with Gasteiger partial charge in [-0.3, -0.25) is 10.8 Å². The van der Waals surface area contributed by atoms with E-state index < -0.39 is 0 Å². The molecule has 3 nitrogen and oxygen atoms in total. The summed E-state index contributed by atoms with van der Waals surface area (Å²) in [5.74, 6) is 6.48. The molecule has 3 rings (SSSR count). The van der Waals surface area contributed by atoms with E-state index >= 15 is 0 Å². The van der Waals surface area contributed by atoms with Crippen molar-refractivity contribution in [2.45, 2.75) is 51.8 Å². The number of nitrogens with zero attached hydrogens (tertiary/aromatic N) is 2. The number of rotatable bonds is 3. The Balaban J connectivity index is 1.87. The molecule has 120 valence electrons. The lowest BCUT2D eigenvalue weighted by Gasteiger charge is -2.31. The average Bonchev–Trinajstić information content (AvgIpc) is 2.75. The SMILES string of the molecule is CC1C2=C(CCC(C)(C)C2)SC1c1cnccc1CN(C)N. The van der Waals surface area contributed by atoms with Crippen molar-refractivity contribution in [3.8, 4) is 0 Å². The van der Waals surface area contributed by atoms with Gasteiger partial charge in [0, 0.05) is 31.2 Å². The molecule has 1 aromatic heterocycles. The highest BCUT2D eigenvalue weighted by atomic mass is 32.2. The van der Waals surface area contributed by atoms with Crippen LogP contribution in [-0.2, 0) is 6.54 Å². The summed E-state index contributed by atoms with van der Waals surface area (Å²) in [7, 11) is 1.92. The predicted octanol–water partition coefficient (Wildman–Crippen LogP) is 4.28. The van der Waals surface area contributed by atoms with Gasteiger partial charge in [-0.15, -0.1) is 11.8 Å². The van der Waals surface area contributed by atoms with E-state index in [1.807, 2.05) is 13.2 Å². The molecule has 2 aliphatic rings. The maximum absolute atomic E-state index is 5.87. The number of hydrazine groups is 1. The third kappa shape index (κ3) is 3.10. The average molecular weight is 318 g/mol. The van der Waals surface area contributed by atoms with Crippen molar-refractivity contribution >= 4 is 11.8 Å². The van der Waals surface area contributed by atoms with Crippen LogP contribution in [0.25, 0.3) is 0 Å². The molecule has 1 aliphatic heterocycles. The number of hydrogen-bond acceptors (Lipinski definition) is 4. The fraction of sp³-hybridized carbons (Fsp3) is 0.611. The van der Waals surface area contributed by atoms with Crippen LogP contribution < -0.4 is 5.84 Å². The first-order chi connectivity index (χ1) is 10.4. The van der Waals surface area contributed by atoms with E-state index in [0.29, 0.717) is 16.6 Å². The van der Waals surface area contributed by atoms with E-state index in [-0.39, 0.29) is 0 Å². The molecule has 2 unspecified atom stereocenters. The summed E-state index contributed by atoms with van der Waals surface area (Å²) >= 11 is 2.08. The Bertz CT molecular complexity index is 592. The monoisotopic (exact) mass is 317 g/mol. The summed E-state index contributed by atoms with van der Waals surface area (Å²) in [5, 5.41) is 2.25. The zero-order valence-electron chi connectivity index (χ0n) is 14.1. The smallest absolute Gasteiger partial charge is 0.0422 e. The molecule has 0 saturated heterocycles. The van der Waals surface area contributed by atoms with Gasteiger partial charge in [0.05, 0.1) is 0 Å². The van der Waals surface area contributed by atoms with Gasteiger partial charge < -0.3 is 0 Å². The Kier molecular flexibility index (Phi) is 4.36. The fourth-order valence-electron chi connectivity index (χ4n) is 3.74. The summed E-state index contributed by atoms with van der Waals surface area (Å²) in [6.45, 7) is 7.98. The van der Waals surface area contributed by atoms with Crippen LogP contribution >= 0.6 is 11.8 Å². The minimum atomic E-state index is 0.456. The summed E-state index contributed by atoms with van der Waals surface area (Å²) in [4.78, 5) is 6.03. The number of pyridine rings is 1. The van der Waals surface area contributed by atoms with Crippen molar-refractivity contribution in [1.82, 2.24) is 9.99 Å². The van der Waals surface area contributed by atoms with Crippen LogP contribution in [0.2, 0.25) is 0 Å². The van der Waals surface area contributed by atoms with Gasteiger partial charge in [0.1, 0.15) is 0 Å². The molecule has 0 aromatic carbocycles. The van der Waals surface area contributed by atoms with Crippen molar-refractivity contribution in [2.75, 3.05) is 7.05 Å². The molecule has 2 N–H and O–H groups in total. The van der Waals surface area contributed by atoms with Gasteiger partial charge in [-0.25, -0.2) is 5.01 Å². The minimum Gasteiger partial charge on any atom is -0.269 e. The topological polar surface area (TPSA) is 42.2 Å². The highest BCUT2D eigenvalue weighted by Crippen LogP contribution is 2.58.